The molecule has 0 amide bonds. The smallest absolute Gasteiger partial charge is 0.0511 e. The maximum Gasteiger partial charge on any atom is 0.0511 e. The van der Waals surface area contributed by atoms with E-state index in [0.29, 0.717) is 13.1 Å². The summed E-state index contributed by atoms with van der Waals surface area (Å²) in [4.78, 5) is 5.39. The maximum atomic E-state index is 8.20. The zero-order valence-electron chi connectivity index (χ0n) is 7.71. The van der Waals surface area contributed by atoms with Gasteiger partial charge in [0.25, 0.3) is 0 Å². The average molecular weight is 314 g/mol. The topological polar surface area (TPSA) is 97.5 Å². The summed E-state index contributed by atoms with van der Waals surface area (Å²) >= 11 is 2.17. The van der Waals surface area contributed by atoms with Crippen molar-refractivity contribution in [3.63, 3.8) is 0 Å². The second kappa shape index (κ2) is 6.13. The molecule has 1 rings (SSSR count). The van der Waals surface area contributed by atoms with Gasteiger partial charge in [0, 0.05) is 13.4 Å². The highest BCUT2D eigenvalue weighted by Gasteiger charge is 1.98. The summed E-state index contributed by atoms with van der Waals surface area (Å²) in [5, 5.41) is 6.96. The Morgan fingerprint density at radius 1 is 1.00 bits per heavy atom. The third-order valence-electron chi connectivity index (χ3n) is 1.65. The fourth-order valence-electron chi connectivity index (χ4n) is 1.13. The first-order valence-corrected chi connectivity index (χ1v) is 5.14. The van der Waals surface area contributed by atoms with Crippen LogP contribution in [0.1, 0.15) is 11.1 Å². The number of benzene rings is 1. The number of azide groups is 2. The minimum Gasteiger partial charge on any atom is -0.0893 e. The van der Waals surface area contributed by atoms with Crippen LogP contribution in [-0.4, -0.2) is 0 Å². The Bertz CT molecular complexity index is 406. The Kier molecular flexibility index (Phi) is 4.76. The van der Waals surface area contributed by atoms with Crippen LogP contribution < -0.4 is 0 Å². The molecule has 0 aliphatic carbocycles. The highest BCUT2D eigenvalue weighted by molar-refractivity contribution is 14.1. The summed E-state index contributed by atoms with van der Waals surface area (Å²) in [5.74, 6) is 0. The standard InChI is InChI=1S/C8H7IN6/c9-8-2-6(4-12-14-10)1-7(3-8)5-13-15-11/h1-3H,4-5H2. The first-order chi connectivity index (χ1) is 7.26. The number of hydrogen-bond acceptors (Lipinski definition) is 2. The molecule has 1 aromatic rings. The summed E-state index contributed by atoms with van der Waals surface area (Å²) in [6, 6.07) is 5.72. The second-order valence-electron chi connectivity index (χ2n) is 2.75. The Morgan fingerprint density at radius 3 is 1.87 bits per heavy atom. The van der Waals surface area contributed by atoms with Crippen LogP contribution in [0.2, 0.25) is 0 Å². The Balaban J connectivity index is 2.93. The molecular formula is C8H7IN6. The van der Waals surface area contributed by atoms with Gasteiger partial charge in [0.2, 0.25) is 0 Å². The fraction of sp³-hybridized carbons (Fsp3) is 0.250. The molecule has 15 heavy (non-hydrogen) atoms. The van der Waals surface area contributed by atoms with Gasteiger partial charge >= 0.3 is 0 Å². The van der Waals surface area contributed by atoms with Crippen molar-refractivity contribution >= 4 is 22.6 Å². The third-order valence-corrected chi connectivity index (χ3v) is 2.27. The third kappa shape index (κ3) is 4.07. The molecule has 0 saturated heterocycles. The lowest BCUT2D eigenvalue weighted by molar-refractivity contribution is 1.00. The number of halogens is 1. The van der Waals surface area contributed by atoms with Gasteiger partial charge in [-0.15, -0.1) is 0 Å². The highest BCUT2D eigenvalue weighted by Crippen LogP contribution is 2.14. The summed E-state index contributed by atoms with van der Waals surface area (Å²) in [5.41, 5.74) is 18.2. The molecule has 0 bridgehead atoms. The second-order valence-corrected chi connectivity index (χ2v) is 3.99. The van der Waals surface area contributed by atoms with Gasteiger partial charge in [-0.3, -0.25) is 0 Å². The van der Waals surface area contributed by atoms with E-state index >= 15 is 0 Å². The largest absolute Gasteiger partial charge is 0.0893 e. The lowest BCUT2D eigenvalue weighted by atomic mass is 10.1. The van der Waals surface area contributed by atoms with Gasteiger partial charge in [0.15, 0.2) is 0 Å². The molecule has 0 N–H and O–H groups in total. The van der Waals surface area contributed by atoms with Crippen LogP contribution in [0.15, 0.2) is 28.4 Å². The van der Waals surface area contributed by atoms with Gasteiger partial charge in [0.05, 0.1) is 13.1 Å². The molecular weight excluding hydrogens is 307 g/mol. The Labute approximate surface area is 99.7 Å². The maximum absolute atomic E-state index is 8.20. The van der Waals surface area contributed by atoms with Crippen molar-refractivity contribution in [2.45, 2.75) is 13.1 Å². The molecule has 76 valence electrons. The van der Waals surface area contributed by atoms with Gasteiger partial charge in [-0.05, 0) is 56.9 Å². The summed E-state index contributed by atoms with van der Waals surface area (Å²) < 4.78 is 1.03. The monoisotopic (exact) mass is 314 g/mol. The van der Waals surface area contributed by atoms with Crippen LogP contribution >= 0.6 is 22.6 Å². The fourth-order valence-corrected chi connectivity index (χ4v) is 1.93. The molecule has 0 unspecified atom stereocenters. The van der Waals surface area contributed by atoms with E-state index in [1.807, 2.05) is 18.2 Å². The van der Waals surface area contributed by atoms with Gasteiger partial charge in [-0.1, -0.05) is 16.3 Å². The van der Waals surface area contributed by atoms with Gasteiger partial charge in [-0.25, -0.2) is 0 Å². The van der Waals surface area contributed by atoms with Crippen molar-refractivity contribution in [2.75, 3.05) is 0 Å². The molecule has 0 spiro atoms. The van der Waals surface area contributed by atoms with E-state index in [9.17, 15) is 0 Å². The van der Waals surface area contributed by atoms with Crippen molar-refractivity contribution in [1.29, 1.82) is 0 Å². The first-order valence-electron chi connectivity index (χ1n) is 4.06. The Morgan fingerprint density at radius 2 is 1.47 bits per heavy atom. The summed E-state index contributed by atoms with van der Waals surface area (Å²) in [6.45, 7) is 0.632. The molecule has 7 heteroatoms. The normalized spacial score (nSPS) is 8.87. The lowest BCUT2D eigenvalue weighted by Gasteiger charge is -2.01. The van der Waals surface area contributed by atoms with Crippen LogP contribution in [0.25, 0.3) is 20.9 Å². The lowest BCUT2D eigenvalue weighted by Crippen LogP contribution is -1.88. The van der Waals surface area contributed by atoms with Crippen LogP contribution in [0.4, 0.5) is 0 Å². The van der Waals surface area contributed by atoms with Gasteiger partial charge < -0.3 is 0 Å². The molecule has 0 saturated carbocycles. The van der Waals surface area contributed by atoms with Gasteiger partial charge in [-0.2, -0.15) is 0 Å². The number of rotatable bonds is 4. The van der Waals surface area contributed by atoms with Crippen LogP contribution in [-0.2, 0) is 13.1 Å². The van der Waals surface area contributed by atoms with E-state index in [1.54, 1.807) is 0 Å². The van der Waals surface area contributed by atoms with E-state index < -0.39 is 0 Å². The molecule has 0 radical (unpaired) electrons. The van der Waals surface area contributed by atoms with E-state index in [0.717, 1.165) is 14.7 Å². The first kappa shape index (κ1) is 11.6. The Hall–Kier alpha value is -1.43. The van der Waals surface area contributed by atoms with Crippen molar-refractivity contribution in [3.8, 4) is 0 Å². The minimum absolute atomic E-state index is 0.316. The van der Waals surface area contributed by atoms with Crippen molar-refractivity contribution in [3.05, 3.63) is 53.8 Å². The van der Waals surface area contributed by atoms with Crippen LogP contribution in [0.3, 0.4) is 0 Å². The molecule has 0 aliphatic heterocycles. The van der Waals surface area contributed by atoms with Crippen molar-refractivity contribution in [2.24, 2.45) is 10.2 Å². The van der Waals surface area contributed by atoms with Gasteiger partial charge in [0.1, 0.15) is 0 Å². The van der Waals surface area contributed by atoms with E-state index in [-0.39, 0.29) is 0 Å². The quantitative estimate of drug-likeness (QED) is 0.348. The van der Waals surface area contributed by atoms with Crippen molar-refractivity contribution < 1.29 is 0 Å². The number of hydrogen-bond donors (Lipinski definition) is 0. The van der Waals surface area contributed by atoms with E-state index in [4.69, 9.17) is 11.1 Å². The predicted molar refractivity (Wildman–Crippen MR) is 64.9 cm³/mol. The molecule has 0 aromatic heterocycles. The van der Waals surface area contributed by atoms with E-state index in [1.165, 1.54) is 0 Å². The molecule has 0 atom stereocenters. The van der Waals surface area contributed by atoms with Crippen LogP contribution in [0.5, 0.6) is 0 Å². The molecule has 0 heterocycles. The van der Waals surface area contributed by atoms with Crippen LogP contribution in [0, 0.1) is 3.57 Å². The summed E-state index contributed by atoms with van der Waals surface area (Å²) in [7, 11) is 0. The average Bonchev–Trinajstić information content (AvgIpc) is 2.23. The molecule has 1 aromatic carbocycles. The van der Waals surface area contributed by atoms with E-state index in [2.05, 4.69) is 42.6 Å². The molecule has 6 nitrogen and oxygen atoms in total. The SMILES string of the molecule is [N-]=[N+]=NCc1cc(I)cc(CN=[N+]=[N-])c1. The highest BCUT2D eigenvalue weighted by atomic mass is 127. The van der Waals surface area contributed by atoms with Crippen molar-refractivity contribution in [1.82, 2.24) is 0 Å². The zero-order valence-corrected chi connectivity index (χ0v) is 9.87. The molecule has 0 aliphatic rings. The minimum atomic E-state index is 0.316. The predicted octanol–water partition coefficient (Wildman–Crippen LogP) is 3.91. The summed E-state index contributed by atoms with van der Waals surface area (Å²) in [6.07, 6.45) is 0. The number of nitrogens with zero attached hydrogens (tertiary/aromatic N) is 6. The zero-order chi connectivity index (χ0) is 11.1. The molecule has 0 fully saturated rings.